The monoisotopic (exact) mass is 244 g/mol. The largest absolute Gasteiger partial charge is 0.255 e. The van der Waals surface area contributed by atoms with Gasteiger partial charge in [-0.15, -0.1) is 0 Å². The lowest BCUT2D eigenvalue weighted by Crippen LogP contribution is -1.84. The van der Waals surface area contributed by atoms with Gasteiger partial charge in [0.25, 0.3) is 0 Å². The van der Waals surface area contributed by atoms with Crippen molar-refractivity contribution >= 4 is 11.0 Å². The molecule has 0 saturated carbocycles. The molecular formula is C17H12N2. The van der Waals surface area contributed by atoms with Crippen LogP contribution in [0.4, 0.5) is 0 Å². The molecule has 3 rings (SSSR count). The quantitative estimate of drug-likeness (QED) is 0.567. The van der Waals surface area contributed by atoms with Crippen LogP contribution in [0.2, 0.25) is 0 Å². The second-order valence-corrected chi connectivity index (χ2v) is 4.38. The van der Waals surface area contributed by atoms with E-state index in [2.05, 4.69) is 40.9 Å². The van der Waals surface area contributed by atoms with Gasteiger partial charge in [-0.3, -0.25) is 9.97 Å². The highest BCUT2D eigenvalue weighted by atomic mass is 14.7. The number of benzene rings is 1. The Bertz CT molecular complexity index is 777. The molecule has 0 atom stereocenters. The molecule has 0 amide bonds. The Hall–Kier alpha value is -2.66. The number of pyridine rings is 2. The van der Waals surface area contributed by atoms with Crippen molar-refractivity contribution in [1.82, 2.24) is 9.97 Å². The number of aromatic nitrogens is 2. The van der Waals surface area contributed by atoms with Crippen LogP contribution in [0, 0.1) is 18.8 Å². The van der Waals surface area contributed by atoms with Crippen molar-refractivity contribution in [2.24, 2.45) is 0 Å². The molecule has 0 radical (unpaired) electrons. The summed E-state index contributed by atoms with van der Waals surface area (Å²) in [7, 11) is 0. The summed E-state index contributed by atoms with van der Waals surface area (Å²) in [5.41, 5.74) is 4.89. The van der Waals surface area contributed by atoms with Gasteiger partial charge < -0.3 is 0 Å². The zero-order chi connectivity index (χ0) is 13.1. The highest BCUT2D eigenvalue weighted by molar-refractivity contribution is 5.75. The van der Waals surface area contributed by atoms with Crippen molar-refractivity contribution in [3.05, 3.63) is 71.5 Å². The van der Waals surface area contributed by atoms with E-state index in [1.165, 1.54) is 5.56 Å². The van der Waals surface area contributed by atoms with Crippen LogP contribution in [-0.4, -0.2) is 9.97 Å². The Morgan fingerprint density at radius 3 is 2.47 bits per heavy atom. The van der Waals surface area contributed by atoms with E-state index in [4.69, 9.17) is 0 Å². The van der Waals surface area contributed by atoms with Crippen molar-refractivity contribution in [1.29, 1.82) is 0 Å². The summed E-state index contributed by atoms with van der Waals surface area (Å²) in [6.45, 7) is 2.07. The van der Waals surface area contributed by atoms with Crippen LogP contribution >= 0.6 is 0 Å². The van der Waals surface area contributed by atoms with Crippen molar-refractivity contribution in [2.75, 3.05) is 0 Å². The molecule has 2 heterocycles. The molecule has 0 aliphatic heterocycles. The van der Waals surface area contributed by atoms with Crippen LogP contribution in [0.1, 0.15) is 16.7 Å². The van der Waals surface area contributed by atoms with Crippen molar-refractivity contribution in [2.45, 2.75) is 6.92 Å². The predicted molar refractivity (Wildman–Crippen MR) is 76.7 cm³/mol. The molecule has 0 aliphatic rings. The molecule has 0 bridgehead atoms. The van der Waals surface area contributed by atoms with E-state index in [-0.39, 0.29) is 0 Å². The molecule has 0 aliphatic carbocycles. The smallest absolute Gasteiger partial charge is 0.0899 e. The first-order valence-corrected chi connectivity index (χ1v) is 6.11. The van der Waals surface area contributed by atoms with E-state index in [0.717, 1.165) is 22.2 Å². The van der Waals surface area contributed by atoms with E-state index in [9.17, 15) is 0 Å². The molecule has 0 N–H and O–H groups in total. The molecule has 1 aromatic carbocycles. The molecule has 2 aromatic heterocycles. The zero-order valence-corrected chi connectivity index (χ0v) is 10.6. The van der Waals surface area contributed by atoms with Crippen LogP contribution in [0.5, 0.6) is 0 Å². The number of fused-ring (bicyclic) bond motifs is 1. The fraction of sp³-hybridized carbons (Fsp3) is 0.0588. The molecule has 0 spiro atoms. The third-order valence-corrected chi connectivity index (χ3v) is 2.85. The van der Waals surface area contributed by atoms with Gasteiger partial charge in [0.1, 0.15) is 0 Å². The van der Waals surface area contributed by atoms with Crippen molar-refractivity contribution in [3.8, 4) is 11.8 Å². The highest BCUT2D eigenvalue weighted by Crippen LogP contribution is 2.09. The lowest BCUT2D eigenvalue weighted by Gasteiger charge is -1.96. The fourth-order valence-electron chi connectivity index (χ4n) is 1.80. The van der Waals surface area contributed by atoms with E-state index >= 15 is 0 Å². The van der Waals surface area contributed by atoms with Crippen molar-refractivity contribution in [3.63, 3.8) is 0 Å². The van der Waals surface area contributed by atoms with Crippen LogP contribution in [0.25, 0.3) is 11.0 Å². The summed E-state index contributed by atoms with van der Waals surface area (Å²) in [5.74, 6) is 6.26. The SMILES string of the molecule is Cc1ccc(C#Cc2cnc3cccnc3c2)cc1. The maximum atomic E-state index is 4.34. The minimum absolute atomic E-state index is 0.873. The summed E-state index contributed by atoms with van der Waals surface area (Å²) < 4.78 is 0. The van der Waals surface area contributed by atoms with Crippen LogP contribution in [-0.2, 0) is 0 Å². The first kappa shape index (κ1) is 11.4. The molecule has 19 heavy (non-hydrogen) atoms. The first-order valence-electron chi connectivity index (χ1n) is 6.11. The third-order valence-electron chi connectivity index (χ3n) is 2.85. The summed E-state index contributed by atoms with van der Waals surface area (Å²) >= 11 is 0. The highest BCUT2D eigenvalue weighted by Gasteiger charge is 1.95. The minimum atomic E-state index is 0.873. The van der Waals surface area contributed by atoms with Gasteiger partial charge in [0, 0.05) is 23.5 Å². The van der Waals surface area contributed by atoms with E-state index in [1.807, 2.05) is 30.3 Å². The van der Waals surface area contributed by atoms with Crippen LogP contribution in [0.15, 0.2) is 54.9 Å². The predicted octanol–water partition coefficient (Wildman–Crippen LogP) is 3.34. The number of hydrogen-bond acceptors (Lipinski definition) is 2. The number of rotatable bonds is 0. The van der Waals surface area contributed by atoms with Gasteiger partial charge in [-0.1, -0.05) is 29.5 Å². The second-order valence-electron chi connectivity index (χ2n) is 4.38. The maximum Gasteiger partial charge on any atom is 0.0899 e. The minimum Gasteiger partial charge on any atom is -0.255 e. The molecule has 2 nitrogen and oxygen atoms in total. The number of hydrogen-bond donors (Lipinski definition) is 0. The summed E-state index contributed by atoms with van der Waals surface area (Å²) in [5, 5.41) is 0. The van der Waals surface area contributed by atoms with E-state index in [0.29, 0.717) is 0 Å². The molecule has 0 saturated heterocycles. The van der Waals surface area contributed by atoms with Gasteiger partial charge in [0.05, 0.1) is 11.0 Å². The Labute approximate surface area is 112 Å². The van der Waals surface area contributed by atoms with E-state index < -0.39 is 0 Å². The van der Waals surface area contributed by atoms with Gasteiger partial charge in [0.2, 0.25) is 0 Å². The molecule has 90 valence electrons. The fourth-order valence-corrected chi connectivity index (χ4v) is 1.80. The Balaban J connectivity index is 1.95. The summed E-state index contributed by atoms with van der Waals surface area (Å²) in [4.78, 5) is 8.62. The van der Waals surface area contributed by atoms with Gasteiger partial charge in [-0.25, -0.2) is 0 Å². The second kappa shape index (κ2) is 4.91. The maximum absolute atomic E-state index is 4.34. The first-order chi connectivity index (χ1) is 9.31. The van der Waals surface area contributed by atoms with Crippen LogP contribution in [0.3, 0.4) is 0 Å². The Kier molecular flexibility index (Phi) is 2.96. The number of nitrogens with zero attached hydrogens (tertiary/aromatic N) is 2. The average molecular weight is 244 g/mol. The van der Waals surface area contributed by atoms with Crippen molar-refractivity contribution < 1.29 is 0 Å². The van der Waals surface area contributed by atoms with Gasteiger partial charge >= 0.3 is 0 Å². The molecule has 3 aromatic rings. The molecular weight excluding hydrogens is 232 g/mol. The number of aryl methyl sites for hydroxylation is 1. The third kappa shape index (κ3) is 2.61. The Morgan fingerprint density at radius 2 is 1.63 bits per heavy atom. The van der Waals surface area contributed by atoms with Gasteiger partial charge in [-0.05, 0) is 37.3 Å². The van der Waals surface area contributed by atoms with Gasteiger partial charge in [-0.2, -0.15) is 0 Å². The molecule has 2 heteroatoms. The Morgan fingerprint density at radius 1 is 0.842 bits per heavy atom. The lowest BCUT2D eigenvalue weighted by atomic mass is 10.1. The zero-order valence-electron chi connectivity index (χ0n) is 10.6. The summed E-state index contributed by atoms with van der Waals surface area (Å²) in [6, 6.07) is 14.0. The molecule has 0 unspecified atom stereocenters. The van der Waals surface area contributed by atoms with Crippen LogP contribution < -0.4 is 0 Å². The normalized spacial score (nSPS) is 9.95. The lowest BCUT2D eigenvalue weighted by molar-refractivity contribution is 1.33. The summed E-state index contributed by atoms with van der Waals surface area (Å²) in [6.07, 6.45) is 3.55. The average Bonchev–Trinajstić information content (AvgIpc) is 2.46. The standard InChI is InChI=1S/C17H12N2/c1-13-4-6-14(7-5-13)8-9-15-11-17-16(19-12-15)3-2-10-18-17/h2-7,10-12H,1H3. The topological polar surface area (TPSA) is 25.8 Å². The molecule has 0 fully saturated rings. The van der Waals surface area contributed by atoms with E-state index in [1.54, 1.807) is 12.4 Å². The van der Waals surface area contributed by atoms with Gasteiger partial charge in [0.15, 0.2) is 0 Å².